The smallest absolute Gasteiger partial charge is 0.281 e. The van der Waals surface area contributed by atoms with Crippen molar-refractivity contribution < 1.29 is 23.9 Å². The van der Waals surface area contributed by atoms with E-state index in [9.17, 15) is 14.9 Å². The average Bonchev–Trinajstić information content (AvgIpc) is 3.15. The van der Waals surface area contributed by atoms with Gasteiger partial charge in [0.2, 0.25) is 0 Å². The molecule has 0 atom stereocenters. The van der Waals surface area contributed by atoms with Crippen LogP contribution >= 0.6 is 12.2 Å². The van der Waals surface area contributed by atoms with Gasteiger partial charge in [0, 0.05) is 11.6 Å². The lowest BCUT2D eigenvalue weighted by molar-refractivity contribution is -0.384. The zero-order chi connectivity index (χ0) is 24.9. The zero-order valence-corrected chi connectivity index (χ0v) is 19.7. The van der Waals surface area contributed by atoms with E-state index in [0.717, 1.165) is 0 Å². The molecule has 178 valence electrons. The Labute approximate surface area is 206 Å². The van der Waals surface area contributed by atoms with Crippen molar-refractivity contribution in [1.82, 2.24) is 5.32 Å². The van der Waals surface area contributed by atoms with Crippen LogP contribution in [0.3, 0.4) is 0 Å². The number of anilines is 1. The second-order valence-corrected chi connectivity index (χ2v) is 7.80. The minimum absolute atomic E-state index is 0.0608. The molecule has 1 amide bonds. The largest absolute Gasteiger partial charge is 0.496 e. The molecule has 1 aliphatic heterocycles. The number of benzene rings is 3. The van der Waals surface area contributed by atoms with Gasteiger partial charge in [0.15, 0.2) is 5.11 Å². The summed E-state index contributed by atoms with van der Waals surface area (Å²) in [6.45, 7) is 0.106. The molecule has 0 radical (unpaired) electrons. The summed E-state index contributed by atoms with van der Waals surface area (Å²) in [5.74, 6) is 1.14. The Bertz CT molecular complexity index is 1340. The summed E-state index contributed by atoms with van der Waals surface area (Å²) >= 11 is 5.40. The first kappa shape index (κ1) is 23.7. The molecule has 0 aromatic heterocycles. The molecule has 0 saturated carbocycles. The van der Waals surface area contributed by atoms with Gasteiger partial charge in [0.05, 0.1) is 30.9 Å². The van der Waals surface area contributed by atoms with E-state index >= 15 is 0 Å². The van der Waals surface area contributed by atoms with Gasteiger partial charge in [0.25, 0.3) is 11.6 Å². The van der Waals surface area contributed by atoms with E-state index in [1.54, 1.807) is 48.5 Å². The van der Waals surface area contributed by atoms with E-state index < -0.39 is 4.92 Å². The normalized spacial score (nSPS) is 14.1. The fourth-order valence-electron chi connectivity index (χ4n) is 3.58. The van der Waals surface area contributed by atoms with E-state index in [4.69, 9.17) is 26.4 Å². The number of hydrogen-bond donors (Lipinski definition) is 1. The van der Waals surface area contributed by atoms with Gasteiger partial charge in [-0.1, -0.05) is 24.3 Å². The monoisotopic (exact) mass is 491 g/mol. The Morgan fingerprint density at radius 2 is 1.80 bits per heavy atom. The summed E-state index contributed by atoms with van der Waals surface area (Å²) in [5.41, 5.74) is 2.19. The lowest BCUT2D eigenvalue weighted by Crippen LogP contribution is -2.30. The Morgan fingerprint density at radius 1 is 1.03 bits per heavy atom. The van der Waals surface area contributed by atoms with Gasteiger partial charge in [-0.15, -0.1) is 0 Å². The summed E-state index contributed by atoms with van der Waals surface area (Å²) in [4.78, 5) is 25.1. The van der Waals surface area contributed by atoms with Crippen LogP contribution in [0.4, 0.5) is 11.4 Å². The number of amides is 1. The lowest BCUT2D eigenvalue weighted by Gasteiger charge is -2.17. The number of nitrogens with one attached hydrogen (secondary N) is 1. The highest BCUT2D eigenvalue weighted by Crippen LogP contribution is 2.32. The third-order valence-electron chi connectivity index (χ3n) is 5.24. The molecule has 0 unspecified atom stereocenters. The number of carbonyl (C=O) groups is 1. The number of ether oxygens (including phenoxy) is 3. The second-order valence-electron chi connectivity index (χ2n) is 7.42. The predicted molar refractivity (Wildman–Crippen MR) is 135 cm³/mol. The first-order valence-electron chi connectivity index (χ1n) is 10.5. The number of nitro benzene ring substituents is 1. The standard InChI is InChI=1S/C25H21N3O6S/c1-32-22-11-10-16(12-17(22)15-34-19-7-5-6-18(14-19)28(30)31)13-20-24(29)27(25(35)26-20)21-8-3-4-9-23(21)33-2/h3-14H,15H2,1-2H3,(H,26,35)/b20-13+. The third-order valence-corrected chi connectivity index (χ3v) is 5.53. The summed E-state index contributed by atoms with van der Waals surface area (Å²) in [6, 6.07) is 18.4. The van der Waals surface area contributed by atoms with Crippen molar-refractivity contribution in [3.8, 4) is 17.2 Å². The summed E-state index contributed by atoms with van der Waals surface area (Å²) < 4.78 is 16.6. The van der Waals surface area contributed by atoms with E-state index in [1.165, 1.54) is 31.3 Å². The van der Waals surface area contributed by atoms with Crippen LogP contribution in [0.1, 0.15) is 11.1 Å². The molecular weight excluding hydrogens is 470 g/mol. The number of nitrogens with zero attached hydrogens (tertiary/aromatic N) is 2. The maximum atomic E-state index is 13.1. The first-order chi connectivity index (χ1) is 16.9. The molecule has 1 aliphatic rings. The number of carbonyl (C=O) groups excluding carboxylic acids is 1. The molecule has 0 aliphatic carbocycles. The minimum atomic E-state index is -0.482. The minimum Gasteiger partial charge on any atom is -0.496 e. The molecule has 10 heteroatoms. The average molecular weight is 492 g/mol. The quantitative estimate of drug-likeness (QED) is 0.213. The van der Waals surface area contributed by atoms with Gasteiger partial charge in [-0.3, -0.25) is 14.9 Å². The maximum Gasteiger partial charge on any atom is 0.281 e. The van der Waals surface area contributed by atoms with Gasteiger partial charge in [-0.05, 0) is 54.2 Å². The number of thiocarbonyl (C=S) groups is 1. The van der Waals surface area contributed by atoms with Gasteiger partial charge in [-0.25, -0.2) is 4.90 Å². The highest BCUT2D eigenvalue weighted by molar-refractivity contribution is 7.80. The molecule has 4 rings (SSSR count). The van der Waals surface area contributed by atoms with Gasteiger partial charge in [-0.2, -0.15) is 0 Å². The second kappa shape index (κ2) is 10.2. The van der Waals surface area contributed by atoms with Crippen LogP contribution in [0.25, 0.3) is 6.08 Å². The lowest BCUT2D eigenvalue weighted by atomic mass is 10.1. The Balaban J connectivity index is 1.58. The molecule has 3 aromatic carbocycles. The van der Waals surface area contributed by atoms with Crippen LogP contribution < -0.4 is 24.4 Å². The van der Waals surface area contributed by atoms with E-state index in [2.05, 4.69) is 5.32 Å². The molecule has 1 heterocycles. The molecule has 0 spiro atoms. The van der Waals surface area contributed by atoms with Crippen LogP contribution in [-0.4, -0.2) is 30.2 Å². The van der Waals surface area contributed by atoms with Crippen LogP contribution in [0.5, 0.6) is 17.2 Å². The number of nitro groups is 1. The van der Waals surface area contributed by atoms with E-state index in [0.29, 0.717) is 39.8 Å². The fourth-order valence-corrected chi connectivity index (χ4v) is 3.88. The highest BCUT2D eigenvalue weighted by atomic mass is 32.1. The van der Waals surface area contributed by atoms with Crippen molar-refractivity contribution in [2.45, 2.75) is 6.61 Å². The number of para-hydroxylation sites is 2. The van der Waals surface area contributed by atoms with Crippen LogP contribution in [0, 0.1) is 10.1 Å². The molecule has 9 nitrogen and oxygen atoms in total. The third kappa shape index (κ3) is 5.07. The first-order valence-corrected chi connectivity index (χ1v) is 10.9. The van der Waals surface area contributed by atoms with Crippen molar-refractivity contribution in [3.63, 3.8) is 0 Å². The number of hydrogen-bond acceptors (Lipinski definition) is 7. The topological polar surface area (TPSA) is 103 Å². The molecule has 0 bridgehead atoms. The Hall–Kier alpha value is -4.44. The van der Waals surface area contributed by atoms with Crippen LogP contribution in [0.2, 0.25) is 0 Å². The fraction of sp³-hybridized carbons (Fsp3) is 0.120. The van der Waals surface area contributed by atoms with Crippen molar-refractivity contribution in [2.75, 3.05) is 19.1 Å². The van der Waals surface area contributed by atoms with Gasteiger partial charge < -0.3 is 19.5 Å². The number of non-ortho nitro benzene ring substituents is 1. The van der Waals surface area contributed by atoms with Crippen molar-refractivity contribution in [1.29, 1.82) is 0 Å². The summed E-state index contributed by atoms with van der Waals surface area (Å²) in [7, 11) is 3.07. The van der Waals surface area contributed by atoms with Crippen molar-refractivity contribution in [3.05, 3.63) is 93.7 Å². The maximum absolute atomic E-state index is 13.1. The Kier molecular flexibility index (Phi) is 6.93. The molecule has 1 N–H and O–H groups in total. The summed E-state index contributed by atoms with van der Waals surface area (Å²) in [6.07, 6.45) is 1.68. The van der Waals surface area contributed by atoms with Crippen molar-refractivity contribution >= 4 is 40.7 Å². The predicted octanol–water partition coefficient (Wildman–Crippen LogP) is 4.45. The molecule has 3 aromatic rings. The summed E-state index contributed by atoms with van der Waals surface area (Å²) in [5, 5.41) is 14.2. The zero-order valence-electron chi connectivity index (χ0n) is 18.9. The molecule has 1 saturated heterocycles. The molecule has 35 heavy (non-hydrogen) atoms. The van der Waals surface area contributed by atoms with Gasteiger partial charge >= 0.3 is 0 Å². The van der Waals surface area contributed by atoms with Crippen molar-refractivity contribution in [2.24, 2.45) is 0 Å². The number of methoxy groups -OCH3 is 2. The van der Waals surface area contributed by atoms with Crippen LogP contribution in [0.15, 0.2) is 72.4 Å². The highest BCUT2D eigenvalue weighted by Gasteiger charge is 2.33. The van der Waals surface area contributed by atoms with E-state index in [-0.39, 0.29) is 23.3 Å². The number of rotatable bonds is 8. The molecule has 1 fully saturated rings. The van der Waals surface area contributed by atoms with E-state index in [1.807, 2.05) is 12.1 Å². The van der Waals surface area contributed by atoms with Crippen LogP contribution in [-0.2, 0) is 11.4 Å². The Morgan fingerprint density at radius 3 is 2.54 bits per heavy atom. The van der Waals surface area contributed by atoms with Gasteiger partial charge in [0.1, 0.15) is 29.6 Å². The SMILES string of the molecule is COc1ccc(/C=C2/NC(=S)N(c3ccccc3OC)C2=O)cc1COc1cccc([N+](=O)[O-])c1. The molecular formula is C25H21N3O6S.